The Balaban J connectivity index is 1.95. The molecule has 0 bridgehead atoms. The number of carbonyl (C=O) groups is 1. The van der Waals surface area contributed by atoms with Crippen molar-refractivity contribution in [3.8, 4) is 5.69 Å². The molecule has 2 atom stereocenters. The summed E-state index contributed by atoms with van der Waals surface area (Å²) in [5.41, 5.74) is 11.7. The van der Waals surface area contributed by atoms with Crippen molar-refractivity contribution in [1.29, 1.82) is 0 Å². The second-order valence-corrected chi connectivity index (χ2v) is 8.16. The molecule has 6 heteroatoms. The average Bonchev–Trinajstić information content (AvgIpc) is 3.07. The van der Waals surface area contributed by atoms with Crippen molar-refractivity contribution in [2.75, 3.05) is 5.73 Å². The van der Waals surface area contributed by atoms with E-state index in [0.29, 0.717) is 28.5 Å². The average molecular weight is 416 g/mol. The number of anilines is 1. The number of fused-ring (bicyclic) bond motifs is 2. The fourth-order valence-electron chi connectivity index (χ4n) is 3.73. The van der Waals surface area contributed by atoms with E-state index in [2.05, 4.69) is 31.3 Å². The largest absolute Gasteiger partial charge is 0.384 e. The van der Waals surface area contributed by atoms with Crippen molar-refractivity contribution < 1.29 is 4.79 Å². The topological polar surface area (TPSA) is 85.8 Å². The Morgan fingerprint density at radius 2 is 1.65 bits per heavy atom. The van der Waals surface area contributed by atoms with Gasteiger partial charge in [-0.1, -0.05) is 45.0 Å². The lowest BCUT2D eigenvalue weighted by Crippen LogP contribution is -2.32. The normalized spacial score (nSPS) is 13.4. The van der Waals surface area contributed by atoms with Gasteiger partial charge in [0.05, 0.1) is 11.0 Å². The molecule has 0 unspecified atom stereocenters. The first-order valence-corrected chi connectivity index (χ1v) is 10.9. The molecule has 0 aliphatic carbocycles. The molecule has 0 aliphatic heterocycles. The summed E-state index contributed by atoms with van der Waals surface area (Å²) in [6.07, 6.45) is 1.90. The molecule has 0 radical (unpaired) electrons. The maximum Gasteiger partial charge on any atom is 0.257 e. The van der Waals surface area contributed by atoms with Gasteiger partial charge in [-0.25, -0.2) is 9.97 Å². The molecule has 6 nitrogen and oxygen atoms in total. The fraction of sp³-hybridized carbons (Fsp3) is 0.320. The molecule has 0 aliphatic rings. The number of amides is 1. The minimum atomic E-state index is -0.226. The van der Waals surface area contributed by atoms with Crippen LogP contribution in [0.25, 0.3) is 27.9 Å². The summed E-state index contributed by atoms with van der Waals surface area (Å²) in [7, 11) is 0. The highest BCUT2D eigenvalue weighted by atomic mass is 16.1. The molecular weight excluding hydrogens is 386 g/mol. The van der Waals surface area contributed by atoms with Gasteiger partial charge in [-0.3, -0.25) is 9.36 Å². The SMILES string of the molecule is CC[C@@H](C)NC(=O)c1c(N)n(-c2ccc([C@H](C)CC)cc2)c2nc3ccccc3nc12. The standard InChI is InChI=1S/C25H29N5O/c1-5-15(3)17-11-13-18(14-12-17)30-23(26)21(25(31)27-16(4)6-2)22-24(30)29-20-10-8-7-9-19(20)28-22/h7-16H,5-6,26H2,1-4H3,(H,27,31)/t15-,16-/m1/s1. The van der Waals surface area contributed by atoms with Gasteiger partial charge in [-0.15, -0.1) is 0 Å². The molecule has 4 aromatic rings. The van der Waals surface area contributed by atoms with Gasteiger partial charge in [0, 0.05) is 11.7 Å². The molecule has 1 amide bonds. The molecule has 31 heavy (non-hydrogen) atoms. The van der Waals surface area contributed by atoms with Crippen LogP contribution in [0.4, 0.5) is 5.82 Å². The number of hydrogen-bond donors (Lipinski definition) is 2. The van der Waals surface area contributed by atoms with Gasteiger partial charge in [0.1, 0.15) is 16.9 Å². The zero-order valence-electron chi connectivity index (χ0n) is 18.5. The van der Waals surface area contributed by atoms with Crippen molar-refractivity contribution in [3.05, 3.63) is 59.7 Å². The van der Waals surface area contributed by atoms with E-state index in [1.165, 1.54) is 5.56 Å². The summed E-state index contributed by atoms with van der Waals surface area (Å²) in [4.78, 5) is 22.7. The molecule has 0 saturated carbocycles. The van der Waals surface area contributed by atoms with Crippen LogP contribution in [0.1, 0.15) is 62.4 Å². The number of aromatic nitrogens is 3. The second-order valence-electron chi connectivity index (χ2n) is 8.16. The van der Waals surface area contributed by atoms with Gasteiger partial charge in [0.15, 0.2) is 5.65 Å². The molecule has 160 valence electrons. The van der Waals surface area contributed by atoms with Crippen LogP contribution in [0.5, 0.6) is 0 Å². The van der Waals surface area contributed by atoms with Gasteiger partial charge >= 0.3 is 0 Å². The number of benzene rings is 2. The van der Waals surface area contributed by atoms with E-state index in [4.69, 9.17) is 15.7 Å². The van der Waals surface area contributed by atoms with Crippen LogP contribution in [-0.4, -0.2) is 26.5 Å². The quantitative estimate of drug-likeness (QED) is 0.453. The number of nitrogens with two attached hydrogens (primary N) is 1. The Kier molecular flexibility index (Phi) is 5.63. The van der Waals surface area contributed by atoms with E-state index in [1.54, 1.807) is 0 Å². The van der Waals surface area contributed by atoms with Crippen LogP contribution < -0.4 is 11.1 Å². The summed E-state index contributed by atoms with van der Waals surface area (Å²) in [6.45, 7) is 8.40. The molecule has 0 saturated heterocycles. The predicted octanol–water partition coefficient (Wildman–Crippen LogP) is 5.20. The highest BCUT2D eigenvalue weighted by Gasteiger charge is 2.25. The first-order valence-electron chi connectivity index (χ1n) is 10.9. The lowest BCUT2D eigenvalue weighted by molar-refractivity contribution is 0.0941. The molecule has 4 rings (SSSR count). The highest BCUT2D eigenvalue weighted by molar-refractivity contribution is 6.11. The lowest BCUT2D eigenvalue weighted by atomic mass is 9.99. The monoisotopic (exact) mass is 415 g/mol. The number of carbonyl (C=O) groups excluding carboxylic acids is 1. The summed E-state index contributed by atoms with van der Waals surface area (Å²) in [6, 6.07) is 16.0. The Labute approximate surface area is 182 Å². The number of nitrogens with zero attached hydrogens (tertiary/aromatic N) is 3. The first kappa shape index (κ1) is 20.8. The van der Waals surface area contributed by atoms with Crippen LogP contribution in [0.3, 0.4) is 0 Å². The number of para-hydroxylation sites is 2. The van der Waals surface area contributed by atoms with Gasteiger partial charge < -0.3 is 11.1 Å². The predicted molar refractivity (Wildman–Crippen MR) is 127 cm³/mol. The van der Waals surface area contributed by atoms with Crippen molar-refractivity contribution in [1.82, 2.24) is 19.9 Å². The Bertz CT molecular complexity index is 1240. The van der Waals surface area contributed by atoms with E-state index in [9.17, 15) is 4.79 Å². The summed E-state index contributed by atoms with van der Waals surface area (Å²) < 4.78 is 1.83. The number of rotatable bonds is 6. The molecule has 2 aromatic heterocycles. The van der Waals surface area contributed by atoms with Crippen molar-refractivity contribution in [2.24, 2.45) is 0 Å². The van der Waals surface area contributed by atoms with E-state index in [1.807, 2.05) is 54.8 Å². The number of nitrogens with one attached hydrogen (secondary N) is 1. The molecule has 2 aromatic carbocycles. The van der Waals surface area contributed by atoms with Gasteiger partial charge in [-0.2, -0.15) is 0 Å². The van der Waals surface area contributed by atoms with Crippen LogP contribution in [-0.2, 0) is 0 Å². The third kappa shape index (κ3) is 3.74. The number of hydrogen-bond acceptors (Lipinski definition) is 4. The van der Waals surface area contributed by atoms with E-state index >= 15 is 0 Å². The Morgan fingerprint density at radius 1 is 1.00 bits per heavy atom. The summed E-state index contributed by atoms with van der Waals surface area (Å²) in [5, 5.41) is 3.02. The van der Waals surface area contributed by atoms with E-state index in [-0.39, 0.29) is 11.9 Å². The van der Waals surface area contributed by atoms with Gasteiger partial charge in [0.2, 0.25) is 0 Å². The lowest BCUT2D eigenvalue weighted by Gasteiger charge is -2.13. The van der Waals surface area contributed by atoms with Crippen molar-refractivity contribution in [3.63, 3.8) is 0 Å². The zero-order valence-corrected chi connectivity index (χ0v) is 18.5. The van der Waals surface area contributed by atoms with Crippen LogP contribution in [0, 0.1) is 0 Å². The molecule has 2 heterocycles. The molecule has 3 N–H and O–H groups in total. The van der Waals surface area contributed by atoms with Crippen molar-refractivity contribution >= 4 is 33.9 Å². The second kappa shape index (κ2) is 8.38. The van der Waals surface area contributed by atoms with Gasteiger partial charge in [0.25, 0.3) is 5.91 Å². The number of nitrogen functional groups attached to an aromatic ring is 1. The van der Waals surface area contributed by atoms with Crippen LogP contribution in [0.2, 0.25) is 0 Å². The van der Waals surface area contributed by atoms with Crippen molar-refractivity contribution in [2.45, 2.75) is 52.5 Å². The third-order valence-corrected chi connectivity index (χ3v) is 6.05. The van der Waals surface area contributed by atoms with Gasteiger partial charge in [-0.05, 0) is 55.5 Å². The Hall–Kier alpha value is -3.41. The molecule has 0 spiro atoms. The highest BCUT2D eigenvalue weighted by Crippen LogP contribution is 2.31. The smallest absolute Gasteiger partial charge is 0.257 e. The zero-order chi connectivity index (χ0) is 22.1. The fourth-order valence-corrected chi connectivity index (χ4v) is 3.73. The first-order chi connectivity index (χ1) is 14.9. The summed E-state index contributed by atoms with van der Waals surface area (Å²) in [5.74, 6) is 0.604. The maximum atomic E-state index is 13.1. The van der Waals surface area contributed by atoms with Crippen LogP contribution in [0.15, 0.2) is 48.5 Å². The van der Waals surface area contributed by atoms with Crippen LogP contribution >= 0.6 is 0 Å². The third-order valence-electron chi connectivity index (χ3n) is 6.05. The van der Waals surface area contributed by atoms with E-state index in [0.717, 1.165) is 29.6 Å². The minimum Gasteiger partial charge on any atom is -0.384 e. The minimum absolute atomic E-state index is 0.0357. The maximum absolute atomic E-state index is 13.1. The summed E-state index contributed by atoms with van der Waals surface area (Å²) >= 11 is 0. The molecule has 0 fully saturated rings. The molecular formula is C25H29N5O. The van der Waals surface area contributed by atoms with E-state index < -0.39 is 0 Å². The Morgan fingerprint density at radius 3 is 2.26 bits per heavy atom.